The molecule has 0 aliphatic rings. The molecule has 0 bridgehead atoms. The number of nitrogen functional groups attached to an aromatic ring is 1. The molecule has 0 saturated carbocycles. The molecular formula is C11H13N5O2. The van der Waals surface area contributed by atoms with E-state index in [2.05, 4.69) is 5.10 Å². The SMILES string of the molecule is COc1cccc(N(O)C(=N)n2cc(N)cn2)c1. The normalized spacial score (nSPS) is 10.1. The lowest BCUT2D eigenvalue weighted by Gasteiger charge is -2.17. The molecule has 0 aliphatic carbocycles. The molecule has 0 atom stereocenters. The van der Waals surface area contributed by atoms with E-state index in [-0.39, 0.29) is 5.96 Å². The second-order valence-electron chi connectivity index (χ2n) is 3.56. The third kappa shape index (κ3) is 2.25. The highest BCUT2D eigenvalue weighted by molar-refractivity contribution is 5.92. The molecule has 0 saturated heterocycles. The molecule has 0 fully saturated rings. The van der Waals surface area contributed by atoms with E-state index in [0.717, 1.165) is 4.68 Å². The lowest BCUT2D eigenvalue weighted by Crippen LogP contribution is -2.32. The Labute approximate surface area is 103 Å². The van der Waals surface area contributed by atoms with Crippen molar-refractivity contribution in [2.75, 3.05) is 17.9 Å². The first-order valence-corrected chi connectivity index (χ1v) is 5.14. The Balaban J connectivity index is 2.25. The van der Waals surface area contributed by atoms with Crippen molar-refractivity contribution in [2.45, 2.75) is 0 Å². The quantitative estimate of drug-likeness (QED) is 0.420. The standard InChI is InChI=1S/C11H13N5O2/c1-18-10-4-2-3-9(5-10)16(17)11(13)15-7-8(12)6-14-15/h2-7,13,17H,12H2,1H3. The number of nitrogens with one attached hydrogen (secondary N) is 1. The van der Waals surface area contributed by atoms with Gasteiger partial charge in [-0.3, -0.25) is 10.6 Å². The fraction of sp³-hybridized carbons (Fsp3) is 0.0909. The van der Waals surface area contributed by atoms with Gasteiger partial charge in [-0.25, -0.2) is 4.68 Å². The Morgan fingerprint density at radius 1 is 1.56 bits per heavy atom. The van der Waals surface area contributed by atoms with Crippen LogP contribution >= 0.6 is 0 Å². The first-order valence-electron chi connectivity index (χ1n) is 5.14. The number of methoxy groups -OCH3 is 1. The van der Waals surface area contributed by atoms with Crippen molar-refractivity contribution in [2.24, 2.45) is 0 Å². The largest absolute Gasteiger partial charge is 0.497 e. The van der Waals surface area contributed by atoms with Crippen molar-refractivity contribution < 1.29 is 9.94 Å². The van der Waals surface area contributed by atoms with Gasteiger partial charge in [-0.05, 0) is 12.1 Å². The molecule has 0 amide bonds. The van der Waals surface area contributed by atoms with Gasteiger partial charge < -0.3 is 10.5 Å². The lowest BCUT2D eigenvalue weighted by atomic mass is 10.3. The van der Waals surface area contributed by atoms with E-state index < -0.39 is 0 Å². The maximum Gasteiger partial charge on any atom is 0.248 e. The van der Waals surface area contributed by atoms with Crippen LogP contribution in [-0.4, -0.2) is 28.1 Å². The smallest absolute Gasteiger partial charge is 0.248 e. The van der Waals surface area contributed by atoms with Gasteiger partial charge in [0, 0.05) is 6.07 Å². The molecule has 1 heterocycles. The van der Waals surface area contributed by atoms with Crippen LogP contribution in [0.5, 0.6) is 5.75 Å². The highest BCUT2D eigenvalue weighted by Crippen LogP contribution is 2.20. The van der Waals surface area contributed by atoms with Gasteiger partial charge in [-0.1, -0.05) is 6.07 Å². The van der Waals surface area contributed by atoms with Crippen LogP contribution in [0, 0.1) is 5.41 Å². The number of nitrogens with two attached hydrogens (primary N) is 1. The summed E-state index contributed by atoms with van der Waals surface area (Å²) in [5, 5.41) is 22.2. The van der Waals surface area contributed by atoms with Crippen LogP contribution in [0.3, 0.4) is 0 Å². The van der Waals surface area contributed by atoms with E-state index in [1.54, 1.807) is 24.3 Å². The van der Waals surface area contributed by atoms with Crippen molar-refractivity contribution in [3.05, 3.63) is 36.7 Å². The Hall–Kier alpha value is -2.54. The van der Waals surface area contributed by atoms with Crippen LogP contribution in [0.15, 0.2) is 36.7 Å². The first kappa shape index (κ1) is 11.9. The second-order valence-corrected chi connectivity index (χ2v) is 3.56. The van der Waals surface area contributed by atoms with E-state index >= 15 is 0 Å². The van der Waals surface area contributed by atoms with Gasteiger partial charge in [-0.2, -0.15) is 10.2 Å². The van der Waals surface area contributed by atoms with Crippen LogP contribution < -0.4 is 15.5 Å². The van der Waals surface area contributed by atoms with Crippen LogP contribution in [0.25, 0.3) is 0 Å². The Morgan fingerprint density at radius 2 is 2.33 bits per heavy atom. The summed E-state index contributed by atoms with van der Waals surface area (Å²) in [5.74, 6) is 0.347. The number of ether oxygens (including phenoxy) is 1. The zero-order valence-electron chi connectivity index (χ0n) is 9.74. The van der Waals surface area contributed by atoms with Gasteiger partial charge in [0.05, 0.1) is 30.9 Å². The van der Waals surface area contributed by atoms with Crippen LogP contribution in [0.1, 0.15) is 0 Å². The Kier molecular flexibility index (Phi) is 3.16. The molecule has 7 heteroatoms. The maximum atomic E-state index is 9.92. The van der Waals surface area contributed by atoms with Gasteiger partial charge in [0.25, 0.3) is 0 Å². The average Bonchev–Trinajstić information content (AvgIpc) is 2.83. The molecule has 1 aromatic carbocycles. The number of hydroxylamine groups is 1. The van der Waals surface area contributed by atoms with Crippen molar-refractivity contribution in [3.63, 3.8) is 0 Å². The summed E-state index contributed by atoms with van der Waals surface area (Å²) in [6.07, 6.45) is 2.83. The van der Waals surface area contributed by atoms with Crippen molar-refractivity contribution in [1.82, 2.24) is 9.78 Å². The van der Waals surface area contributed by atoms with Crippen LogP contribution in [-0.2, 0) is 0 Å². The number of aromatic nitrogens is 2. The van der Waals surface area contributed by atoms with Crippen LogP contribution in [0.2, 0.25) is 0 Å². The first-order chi connectivity index (χ1) is 8.61. The fourth-order valence-electron chi connectivity index (χ4n) is 1.41. The highest BCUT2D eigenvalue weighted by Gasteiger charge is 2.13. The van der Waals surface area contributed by atoms with Gasteiger partial charge in [0.2, 0.25) is 5.96 Å². The average molecular weight is 247 g/mol. The summed E-state index contributed by atoms with van der Waals surface area (Å²) in [6, 6.07) is 6.69. The number of anilines is 2. The van der Waals surface area contributed by atoms with Gasteiger partial charge >= 0.3 is 0 Å². The van der Waals surface area contributed by atoms with E-state index in [9.17, 15) is 5.21 Å². The molecule has 7 nitrogen and oxygen atoms in total. The van der Waals surface area contributed by atoms with E-state index in [1.807, 2.05) is 0 Å². The molecule has 2 rings (SSSR count). The lowest BCUT2D eigenvalue weighted by molar-refractivity contribution is 0.305. The highest BCUT2D eigenvalue weighted by atomic mass is 16.5. The van der Waals surface area contributed by atoms with Gasteiger partial charge in [-0.15, -0.1) is 0 Å². The zero-order valence-corrected chi connectivity index (χ0v) is 9.74. The predicted octanol–water partition coefficient (Wildman–Crippen LogP) is 1.15. The summed E-state index contributed by atoms with van der Waals surface area (Å²) in [6.45, 7) is 0. The molecule has 0 unspecified atom stereocenters. The van der Waals surface area contributed by atoms with E-state index in [1.165, 1.54) is 19.5 Å². The summed E-state index contributed by atoms with van der Waals surface area (Å²) < 4.78 is 6.21. The molecule has 18 heavy (non-hydrogen) atoms. The Bertz CT molecular complexity index is 566. The molecule has 4 N–H and O–H groups in total. The van der Waals surface area contributed by atoms with E-state index in [0.29, 0.717) is 22.2 Å². The molecule has 1 aromatic heterocycles. The van der Waals surface area contributed by atoms with Crippen molar-refractivity contribution in [1.29, 1.82) is 5.41 Å². The molecule has 0 spiro atoms. The monoisotopic (exact) mass is 247 g/mol. The fourth-order valence-corrected chi connectivity index (χ4v) is 1.41. The molecular weight excluding hydrogens is 234 g/mol. The molecule has 2 aromatic rings. The molecule has 0 radical (unpaired) electrons. The topological polar surface area (TPSA) is 100 Å². The van der Waals surface area contributed by atoms with Gasteiger partial charge in [0.1, 0.15) is 5.75 Å². The number of benzene rings is 1. The van der Waals surface area contributed by atoms with Crippen molar-refractivity contribution >= 4 is 17.3 Å². The number of hydrogen-bond acceptors (Lipinski definition) is 5. The van der Waals surface area contributed by atoms with Crippen molar-refractivity contribution in [3.8, 4) is 5.75 Å². The minimum Gasteiger partial charge on any atom is -0.497 e. The Morgan fingerprint density at radius 3 is 2.94 bits per heavy atom. The zero-order chi connectivity index (χ0) is 13.1. The third-order valence-corrected chi connectivity index (χ3v) is 2.32. The predicted molar refractivity (Wildman–Crippen MR) is 67.0 cm³/mol. The second kappa shape index (κ2) is 4.76. The van der Waals surface area contributed by atoms with E-state index in [4.69, 9.17) is 15.9 Å². The number of hydrogen-bond donors (Lipinski definition) is 3. The number of rotatable bonds is 2. The summed E-state index contributed by atoms with van der Waals surface area (Å²) in [7, 11) is 1.53. The third-order valence-electron chi connectivity index (χ3n) is 2.32. The van der Waals surface area contributed by atoms with Crippen LogP contribution in [0.4, 0.5) is 11.4 Å². The molecule has 0 aliphatic heterocycles. The number of nitrogens with zero attached hydrogens (tertiary/aromatic N) is 3. The minimum absolute atomic E-state index is 0.236. The van der Waals surface area contributed by atoms with Gasteiger partial charge in [0.15, 0.2) is 0 Å². The maximum absolute atomic E-state index is 9.92. The summed E-state index contributed by atoms with van der Waals surface area (Å²) >= 11 is 0. The molecule has 94 valence electrons. The summed E-state index contributed by atoms with van der Waals surface area (Å²) in [4.78, 5) is 0. The summed E-state index contributed by atoms with van der Waals surface area (Å²) in [5.41, 5.74) is 6.31. The minimum atomic E-state index is -0.236.